The summed E-state index contributed by atoms with van der Waals surface area (Å²) >= 11 is 1.61. The minimum Gasteiger partial charge on any atom is -0.349 e. The van der Waals surface area contributed by atoms with Crippen LogP contribution in [0.5, 0.6) is 0 Å². The van der Waals surface area contributed by atoms with Crippen molar-refractivity contribution in [2.24, 2.45) is 0 Å². The van der Waals surface area contributed by atoms with Gasteiger partial charge in [-0.2, -0.15) is 0 Å². The van der Waals surface area contributed by atoms with E-state index in [-0.39, 0.29) is 5.69 Å². The van der Waals surface area contributed by atoms with Gasteiger partial charge in [-0.25, -0.2) is 24.3 Å². The van der Waals surface area contributed by atoms with Crippen molar-refractivity contribution in [1.29, 1.82) is 0 Å². The summed E-state index contributed by atoms with van der Waals surface area (Å²) in [6.07, 6.45) is 3.08. The maximum atomic E-state index is 14.8. The monoisotopic (exact) mass is 520 g/mol. The van der Waals surface area contributed by atoms with Crippen molar-refractivity contribution in [3.05, 3.63) is 54.1 Å². The van der Waals surface area contributed by atoms with E-state index in [0.29, 0.717) is 17.3 Å². The predicted octanol–water partition coefficient (Wildman–Crippen LogP) is 5.01. The lowest BCUT2D eigenvalue weighted by Crippen LogP contribution is -2.45. The van der Waals surface area contributed by atoms with Crippen LogP contribution in [0.25, 0.3) is 21.5 Å². The summed E-state index contributed by atoms with van der Waals surface area (Å²) in [5, 5.41) is 4.09. The lowest BCUT2D eigenvalue weighted by molar-refractivity contribution is 0.132. The zero-order valence-corrected chi connectivity index (χ0v) is 22.4. The molecule has 4 heterocycles. The Kier molecular flexibility index (Phi) is 7.87. The largest absolute Gasteiger partial charge is 0.349 e. The first kappa shape index (κ1) is 25.4. The van der Waals surface area contributed by atoms with Crippen LogP contribution in [-0.2, 0) is 6.54 Å². The van der Waals surface area contributed by atoms with Gasteiger partial charge in [0, 0.05) is 57.6 Å². The molecule has 8 nitrogen and oxygen atoms in total. The molecule has 0 unspecified atom stereocenters. The summed E-state index contributed by atoms with van der Waals surface area (Å²) in [5.74, 6) is 0.462. The Morgan fingerprint density at radius 2 is 1.73 bits per heavy atom. The fraction of sp³-hybridized carbons (Fsp3) is 0.407. The molecule has 4 aromatic rings. The number of hydrogen-bond acceptors (Lipinski definition) is 9. The van der Waals surface area contributed by atoms with Crippen molar-refractivity contribution in [3.63, 3.8) is 0 Å². The van der Waals surface area contributed by atoms with Gasteiger partial charge < -0.3 is 15.1 Å². The number of nitrogens with one attached hydrogen (secondary N) is 1. The highest BCUT2D eigenvalue weighted by molar-refractivity contribution is 7.22. The molecule has 1 aliphatic rings. The van der Waals surface area contributed by atoms with Gasteiger partial charge in [0.05, 0.1) is 16.4 Å². The molecule has 1 aromatic carbocycles. The quantitative estimate of drug-likeness (QED) is 0.330. The molecular formula is C27H33FN8S. The average molecular weight is 521 g/mol. The third-order valence-electron chi connectivity index (χ3n) is 6.81. The van der Waals surface area contributed by atoms with Gasteiger partial charge in [-0.05, 0) is 44.2 Å². The third-order valence-corrected chi connectivity index (χ3v) is 7.89. The fourth-order valence-electron chi connectivity index (χ4n) is 4.55. The number of hydrogen-bond donors (Lipinski definition) is 1. The van der Waals surface area contributed by atoms with Crippen LogP contribution < -0.4 is 10.2 Å². The van der Waals surface area contributed by atoms with E-state index in [4.69, 9.17) is 4.98 Å². The molecule has 3 aromatic heterocycles. The fourth-order valence-corrected chi connectivity index (χ4v) is 5.68. The first-order valence-corrected chi connectivity index (χ1v) is 13.7. The lowest BCUT2D eigenvalue weighted by Gasteiger charge is -2.33. The Labute approximate surface area is 221 Å². The van der Waals surface area contributed by atoms with Gasteiger partial charge in [-0.3, -0.25) is 4.90 Å². The number of benzene rings is 1. The van der Waals surface area contributed by atoms with Gasteiger partial charge in [0.15, 0.2) is 10.9 Å². The molecule has 0 saturated carbocycles. The van der Waals surface area contributed by atoms with E-state index in [2.05, 4.69) is 61.8 Å². The number of thiazole rings is 1. The molecule has 0 spiro atoms. The normalized spacial score (nSPS) is 14.8. The Morgan fingerprint density at radius 3 is 2.43 bits per heavy atom. The molecule has 0 aliphatic carbocycles. The Bertz CT molecular complexity index is 1330. The summed E-state index contributed by atoms with van der Waals surface area (Å²) in [7, 11) is 0. The molecule has 1 aliphatic heterocycles. The number of halogens is 1. The molecule has 0 radical (unpaired) electrons. The molecule has 10 heteroatoms. The first-order chi connectivity index (χ1) is 18.1. The van der Waals surface area contributed by atoms with E-state index < -0.39 is 5.82 Å². The van der Waals surface area contributed by atoms with Crippen LogP contribution in [0.15, 0.2) is 42.7 Å². The average Bonchev–Trinajstić information content (AvgIpc) is 3.35. The van der Waals surface area contributed by atoms with E-state index in [1.807, 2.05) is 30.5 Å². The van der Waals surface area contributed by atoms with Crippen molar-refractivity contribution in [2.45, 2.75) is 27.3 Å². The molecule has 194 valence electrons. The van der Waals surface area contributed by atoms with E-state index >= 15 is 0 Å². The maximum Gasteiger partial charge on any atom is 0.229 e. The smallest absolute Gasteiger partial charge is 0.229 e. The molecule has 5 rings (SSSR count). The lowest BCUT2D eigenvalue weighted by atomic mass is 10.1. The zero-order valence-electron chi connectivity index (χ0n) is 21.6. The first-order valence-electron chi connectivity index (χ1n) is 12.9. The summed E-state index contributed by atoms with van der Waals surface area (Å²) < 4.78 is 15.8. The van der Waals surface area contributed by atoms with Gasteiger partial charge >= 0.3 is 0 Å². The number of aromatic nitrogens is 4. The summed E-state index contributed by atoms with van der Waals surface area (Å²) in [4.78, 5) is 25.0. The van der Waals surface area contributed by atoms with Crippen LogP contribution in [-0.4, -0.2) is 75.5 Å². The molecule has 1 N–H and O–H groups in total. The standard InChI is InChI=1S/C27H33FN8S/c1-4-34-11-13-35(14-12-34)18-19-7-10-24(29-16-19)32-26-30-17-21(28)25(33-26)20-8-9-22-23(15-20)37-27(31-22)36(5-2)6-3/h7-10,15-17H,4-6,11-14,18H2,1-3H3,(H,29,30,32,33). The molecule has 0 atom stereocenters. The highest BCUT2D eigenvalue weighted by atomic mass is 32.1. The third kappa shape index (κ3) is 5.87. The van der Waals surface area contributed by atoms with Gasteiger partial charge in [-0.15, -0.1) is 0 Å². The number of rotatable bonds is 9. The van der Waals surface area contributed by atoms with Gasteiger partial charge in [0.2, 0.25) is 5.95 Å². The van der Waals surface area contributed by atoms with Crippen molar-refractivity contribution in [2.75, 3.05) is 56.0 Å². The highest BCUT2D eigenvalue weighted by Crippen LogP contribution is 2.32. The van der Waals surface area contributed by atoms with E-state index in [9.17, 15) is 4.39 Å². The minimum atomic E-state index is -0.468. The van der Waals surface area contributed by atoms with Crippen molar-refractivity contribution < 1.29 is 4.39 Å². The highest BCUT2D eigenvalue weighted by Gasteiger charge is 2.16. The molecule has 37 heavy (non-hydrogen) atoms. The second kappa shape index (κ2) is 11.5. The number of likely N-dealkylation sites (N-methyl/N-ethyl adjacent to an activating group) is 1. The summed E-state index contributed by atoms with van der Waals surface area (Å²) in [5.41, 5.74) is 3.01. The van der Waals surface area contributed by atoms with Crippen LogP contribution in [0.3, 0.4) is 0 Å². The van der Waals surface area contributed by atoms with Crippen LogP contribution in [0.2, 0.25) is 0 Å². The zero-order chi connectivity index (χ0) is 25.8. The van der Waals surface area contributed by atoms with E-state index in [1.54, 1.807) is 11.3 Å². The van der Waals surface area contributed by atoms with Crippen LogP contribution in [0, 0.1) is 5.82 Å². The van der Waals surface area contributed by atoms with Crippen LogP contribution >= 0.6 is 11.3 Å². The van der Waals surface area contributed by atoms with Crippen molar-refractivity contribution in [1.82, 2.24) is 29.7 Å². The number of nitrogens with zero attached hydrogens (tertiary/aromatic N) is 7. The Balaban J connectivity index is 1.29. The molecule has 1 saturated heterocycles. The molecule has 0 bridgehead atoms. The van der Waals surface area contributed by atoms with E-state index in [1.165, 1.54) is 6.20 Å². The number of anilines is 3. The molecule has 0 amide bonds. The van der Waals surface area contributed by atoms with Crippen LogP contribution in [0.4, 0.5) is 21.3 Å². The van der Waals surface area contributed by atoms with Crippen molar-refractivity contribution >= 4 is 38.5 Å². The predicted molar refractivity (Wildman–Crippen MR) is 149 cm³/mol. The number of fused-ring (bicyclic) bond motifs is 1. The molecule has 1 fully saturated rings. The van der Waals surface area contributed by atoms with E-state index in [0.717, 1.165) is 73.3 Å². The Hall–Kier alpha value is -3.21. The van der Waals surface area contributed by atoms with Gasteiger partial charge in [-0.1, -0.05) is 30.4 Å². The van der Waals surface area contributed by atoms with Crippen molar-refractivity contribution in [3.8, 4) is 11.3 Å². The van der Waals surface area contributed by atoms with Gasteiger partial charge in [0.1, 0.15) is 11.5 Å². The maximum absolute atomic E-state index is 14.8. The topological polar surface area (TPSA) is 73.3 Å². The van der Waals surface area contributed by atoms with Gasteiger partial charge in [0.25, 0.3) is 0 Å². The second-order valence-electron chi connectivity index (χ2n) is 9.13. The SMILES string of the molecule is CCN1CCN(Cc2ccc(Nc3ncc(F)c(-c4ccc5nc(N(CC)CC)sc5c4)n3)nc2)CC1. The number of pyridine rings is 1. The Morgan fingerprint density at radius 1 is 0.946 bits per heavy atom. The second-order valence-corrected chi connectivity index (χ2v) is 10.1. The minimum absolute atomic E-state index is 0.250. The molecular weight excluding hydrogens is 487 g/mol. The number of piperazine rings is 1. The summed E-state index contributed by atoms with van der Waals surface area (Å²) in [6, 6.07) is 9.71. The van der Waals surface area contributed by atoms with Crippen LogP contribution in [0.1, 0.15) is 26.3 Å². The summed E-state index contributed by atoms with van der Waals surface area (Å²) in [6.45, 7) is 14.6.